The van der Waals surface area contributed by atoms with E-state index in [9.17, 15) is 8.42 Å². The summed E-state index contributed by atoms with van der Waals surface area (Å²) in [7, 11) is -3.61. The van der Waals surface area contributed by atoms with Crippen LogP contribution in [0.4, 0.5) is 0 Å². The highest BCUT2D eigenvalue weighted by atomic mass is 32.2. The van der Waals surface area contributed by atoms with Gasteiger partial charge in [0.2, 0.25) is 10.0 Å². The molecule has 2 N–H and O–H groups in total. The fraction of sp³-hybridized carbons (Fsp3) is 0.538. The van der Waals surface area contributed by atoms with Crippen LogP contribution in [0.3, 0.4) is 0 Å². The maximum absolute atomic E-state index is 13.1. The number of rotatable bonds is 3. The molecule has 1 aromatic carbocycles. The van der Waals surface area contributed by atoms with Crippen molar-refractivity contribution in [2.75, 3.05) is 6.54 Å². The number of nitrogens with two attached hydrogens (primary N) is 1. The molecule has 0 amide bonds. The van der Waals surface area contributed by atoms with E-state index in [-0.39, 0.29) is 17.0 Å². The van der Waals surface area contributed by atoms with Gasteiger partial charge in [-0.05, 0) is 31.9 Å². The highest BCUT2D eigenvalue weighted by molar-refractivity contribution is 7.89. The lowest BCUT2D eigenvalue weighted by molar-refractivity contribution is 0.196. The van der Waals surface area contributed by atoms with Crippen molar-refractivity contribution < 1.29 is 8.42 Å². The average Bonchev–Trinajstić information content (AvgIpc) is 2.94. The summed E-state index contributed by atoms with van der Waals surface area (Å²) in [4.78, 5) is 0.237. The molecule has 1 aliphatic rings. The summed E-state index contributed by atoms with van der Waals surface area (Å²) in [6.07, 6.45) is 2.68. The summed E-state index contributed by atoms with van der Waals surface area (Å²) in [6, 6.07) is 4.91. The van der Waals surface area contributed by atoms with Crippen molar-refractivity contribution in [3.63, 3.8) is 0 Å². The van der Waals surface area contributed by atoms with Crippen LogP contribution in [0.25, 0.3) is 11.0 Å². The van der Waals surface area contributed by atoms with Crippen LogP contribution in [0, 0.1) is 0 Å². The molecule has 0 bridgehead atoms. The van der Waals surface area contributed by atoms with Crippen molar-refractivity contribution in [3.05, 3.63) is 18.2 Å². The fourth-order valence-electron chi connectivity index (χ4n) is 3.02. The van der Waals surface area contributed by atoms with Crippen LogP contribution in [-0.4, -0.2) is 40.1 Å². The number of fused-ring (bicyclic) bond motifs is 1. The van der Waals surface area contributed by atoms with Gasteiger partial charge in [0.15, 0.2) is 0 Å². The Balaban J connectivity index is 2.12. The Hall–Kier alpha value is -1.09. The largest absolute Gasteiger partial charge is 0.329 e. The van der Waals surface area contributed by atoms with Gasteiger partial charge in [0, 0.05) is 18.6 Å². The van der Waals surface area contributed by atoms with Gasteiger partial charge in [-0.1, -0.05) is 12.5 Å². The Labute approximate surface area is 128 Å². The molecule has 6 nitrogen and oxygen atoms in total. The van der Waals surface area contributed by atoms with Crippen LogP contribution in [0.2, 0.25) is 0 Å². The van der Waals surface area contributed by atoms with Gasteiger partial charge < -0.3 is 5.73 Å². The van der Waals surface area contributed by atoms with Gasteiger partial charge in [-0.2, -0.15) is 13.1 Å². The second kappa shape index (κ2) is 5.60. The predicted molar refractivity (Wildman–Crippen MR) is 82.6 cm³/mol. The molecule has 21 heavy (non-hydrogen) atoms. The van der Waals surface area contributed by atoms with Gasteiger partial charge in [-0.25, -0.2) is 8.42 Å². The third-order valence-electron chi connectivity index (χ3n) is 4.03. The standard InChI is InChI=1S/C13H18N4O2S2/c1-9-4-2-5-10(8-14)17(9)21(18,19)12-7-3-6-11-13(12)16-20-15-11/h3,6-7,9-10H,2,4-5,8,14H2,1H3. The Morgan fingerprint density at radius 1 is 1.38 bits per heavy atom. The van der Waals surface area contributed by atoms with E-state index in [1.54, 1.807) is 22.5 Å². The molecule has 1 saturated heterocycles. The van der Waals surface area contributed by atoms with E-state index in [1.807, 2.05) is 6.92 Å². The van der Waals surface area contributed by atoms with Crippen molar-refractivity contribution in [1.82, 2.24) is 13.1 Å². The molecule has 0 radical (unpaired) electrons. The van der Waals surface area contributed by atoms with Crippen molar-refractivity contribution in [2.24, 2.45) is 5.73 Å². The van der Waals surface area contributed by atoms with Crippen LogP contribution in [0.5, 0.6) is 0 Å². The molecule has 8 heteroatoms. The van der Waals surface area contributed by atoms with Crippen molar-refractivity contribution in [1.29, 1.82) is 0 Å². The lowest BCUT2D eigenvalue weighted by Crippen LogP contribution is -2.51. The Morgan fingerprint density at radius 3 is 2.95 bits per heavy atom. The van der Waals surface area contributed by atoms with E-state index in [0.717, 1.165) is 31.0 Å². The zero-order chi connectivity index (χ0) is 15.0. The second-order valence-corrected chi connectivity index (χ2v) is 7.73. The first-order valence-corrected chi connectivity index (χ1v) is 9.17. The lowest BCUT2D eigenvalue weighted by Gasteiger charge is -2.38. The molecule has 1 fully saturated rings. The fourth-order valence-corrected chi connectivity index (χ4v) is 5.66. The van der Waals surface area contributed by atoms with Gasteiger partial charge >= 0.3 is 0 Å². The topological polar surface area (TPSA) is 89.2 Å². The Morgan fingerprint density at radius 2 is 2.19 bits per heavy atom. The van der Waals surface area contributed by atoms with Crippen LogP contribution in [-0.2, 0) is 10.0 Å². The summed E-state index contributed by atoms with van der Waals surface area (Å²) >= 11 is 1.03. The summed E-state index contributed by atoms with van der Waals surface area (Å²) in [5, 5.41) is 0. The highest BCUT2D eigenvalue weighted by Gasteiger charge is 2.38. The number of sulfonamides is 1. The van der Waals surface area contributed by atoms with Crippen molar-refractivity contribution in [2.45, 2.75) is 43.2 Å². The number of hydrogen-bond donors (Lipinski definition) is 1. The molecule has 1 aliphatic heterocycles. The van der Waals surface area contributed by atoms with E-state index in [1.165, 1.54) is 0 Å². The first-order valence-electron chi connectivity index (χ1n) is 7.00. The van der Waals surface area contributed by atoms with Crippen LogP contribution >= 0.6 is 11.7 Å². The summed E-state index contributed by atoms with van der Waals surface area (Å²) < 4.78 is 36.0. The average molecular weight is 326 g/mol. The smallest absolute Gasteiger partial charge is 0.245 e. The lowest BCUT2D eigenvalue weighted by atomic mass is 10.00. The molecule has 114 valence electrons. The number of hydrogen-bond acceptors (Lipinski definition) is 6. The molecular weight excluding hydrogens is 308 g/mol. The molecule has 2 heterocycles. The monoisotopic (exact) mass is 326 g/mol. The van der Waals surface area contributed by atoms with Crippen LogP contribution < -0.4 is 5.73 Å². The SMILES string of the molecule is CC1CCCC(CN)N1S(=O)(=O)c1cccc2nsnc12. The van der Waals surface area contributed by atoms with Gasteiger partial charge in [0.05, 0.1) is 11.7 Å². The molecular formula is C13H18N4O2S2. The minimum Gasteiger partial charge on any atom is -0.329 e. The van der Waals surface area contributed by atoms with Crippen molar-refractivity contribution in [3.8, 4) is 0 Å². The maximum Gasteiger partial charge on any atom is 0.245 e. The van der Waals surface area contributed by atoms with Gasteiger partial charge in [0.25, 0.3) is 0 Å². The molecule has 2 atom stereocenters. The quantitative estimate of drug-likeness (QED) is 0.925. The number of benzene rings is 1. The van der Waals surface area contributed by atoms with Crippen LogP contribution in [0.1, 0.15) is 26.2 Å². The predicted octanol–water partition coefficient (Wildman–Crippen LogP) is 1.58. The molecule has 2 aromatic rings. The molecule has 1 aromatic heterocycles. The van der Waals surface area contributed by atoms with Gasteiger partial charge in [0.1, 0.15) is 15.9 Å². The van der Waals surface area contributed by atoms with E-state index >= 15 is 0 Å². The van der Waals surface area contributed by atoms with E-state index in [2.05, 4.69) is 8.75 Å². The molecule has 0 saturated carbocycles. The van der Waals surface area contributed by atoms with E-state index in [4.69, 9.17) is 5.73 Å². The third kappa shape index (κ3) is 2.46. The molecule has 2 unspecified atom stereocenters. The number of nitrogens with zero attached hydrogens (tertiary/aromatic N) is 3. The maximum atomic E-state index is 13.1. The van der Waals surface area contributed by atoms with E-state index in [0.29, 0.717) is 17.6 Å². The van der Waals surface area contributed by atoms with Gasteiger partial charge in [-0.15, -0.1) is 0 Å². The highest BCUT2D eigenvalue weighted by Crippen LogP contribution is 2.32. The molecule has 3 rings (SSSR count). The minimum atomic E-state index is -3.61. The first-order chi connectivity index (χ1) is 10.1. The summed E-state index contributed by atoms with van der Waals surface area (Å²) in [5.41, 5.74) is 6.87. The normalized spacial score (nSPS) is 24.5. The summed E-state index contributed by atoms with van der Waals surface area (Å²) in [5.74, 6) is 0. The zero-order valence-electron chi connectivity index (χ0n) is 11.8. The molecule has 0 spiro atoms. The second-order valence-electron chi connectivity index (χ2n) is 5.39. The van der Waals surface area contributed by atoms with Crippen LogP contribution in [0.15, 0.2) is 23.1 Å². The van der Waals surface area contributed by atoms with Crippen molar-refractivity contribution >= 4 is 32.8 Å². The van der Waals surface area contributed by atoms with Gasteiger partial charge in [-0.3, -0.25) is 0 Å². The number of aromatic nitrogens is 2. The first kappa shape index (κ1) is 14.8. The Kier molecular flexibility index (Phi) is 3.96. The third-order valence-corrected chi connectivity index (χ3v) is 6.67. The molecule has 0 aliphatic carbocycles. The van der Waals surface area contributed by atoms with E-state index < -0.39 is 10.0 Å². The summed E-state index contributed by atoms with van der Waals surface area (Å²) in [6.45, 7) is 2.29. The number of piperidine rings is 1. The minimum absolute atomic E-state index is 0.0425. The Bertz CT molecular complexity index is 743. The zero-order valence-corrected chi connectivity index (χ0v) is 13.4.